The largest absolute Gasteiger partial charge is 0.350 e. The Morgan fingerprint density at radius 2 is 1.70 bits per heavy atom. The summed E-state index contributed by atoms with van der Waals surface area (Å²) in [5, 5.41) is 0. The molecule has 0 aromatic heterocycles. The predicted octanol–water partition coefficient (Wildman–Crippen LogP) is 3.10. The predicted molar refractivity (Wildman–Crippen MR) is 78.4 cm³/mol. The van der Waals surface area contributed by atoms with Gasteiger partial charge < -0.3 is 14.4 Å². The van der Waals surface area contributed by atoms with Crippen LogP contribution >= 0.6 is 0 Å². The highest BCUT2D eigenvalue weighted by atomic mass is 16.7. The van der Waals surface area contributed by atoms with E-state index in [4.69, 9.17) is 9.47 Å². The highest BCUT2D eigenvalue weighted by Gasteiger charge is 2.39. The first kappa shape index (κ1) is 15.8. The molecule has 0 aliphatic carbocycles. The third-order valence-electron chi connectivity index (χ3n) is 4.39. The van der Waals surface area contributed by atoms with Gasteiger partial charge in [0.15, 0.2) is 5.79 Å². The Balaban J connectivity index is 1.64. The summed E-state index contributed by atoms with van der Waals surface area (Å²) in [6, 6.07) is 0. The van der Waals surface area contributed by atoms with Crippen LogP contribution in [0.3, 0.4) is 0 Å². The molecule has 1 spiro atoms. The third kappa shape index (κ3) is 4.45. The molecule has 116 valence electrons. The smallest absolute Gasteiger partial charge is 0.222 e. The topological polar surface area (TPSA) is 38.8 Å². The second kappa shape index (κ2) is 7.99. The molecular weight excluding hydrogens is 254 g/mol. The van der Waals surface area contributed by atoms with E-state index in [2.05, 4.69) is 6.92 Å². The molecule has 0 aromatic rings. The molecule has 2 heterocycles. The summed E-state index contributed by atoms with van der Waals surface area (Å²) in [5.74, 6) is -0.0666. The summed E-state index contributed by atoms with van der Waals surface area (Å²) in [6.45, 7) is 5.38. The molecule has 0 unspecified atom stereocenters. The summed E-state index contributed by atoms with van der Waals surface area (Å²) in [5.41, 5.74) is 0. The van der Waals surface area contributed by atoms with Crippen molar-refractivity contribution >= 4 is 5.91 Å². The number of ether oxygens (including phenoxy) is 2. The lowest BCUT2D eigenvalue weighted by atomic mass is 10.0. The van der Waals surface area contributed by atoms with Gasteiger partial charge in [-0.05, 0) is 12.8 Å². The van der Waals surface area contributed by atoms with Gasteiger partial charge in [-0.1, -0.05) is 32.6 Å². The summed E-state index contributed by atoms with van der Waals surface area (Å²) >= 11 is 0. The molecule has 2 fully saturated rings. The maximum atomic E-state index is 12.1. The molecular formula is C16H29NO3. The summed E-state index contributed by atoms with van der Waals surface area (Å²) in [7, 11) is 0. The Labute approximate surface area is 122 Å². The molecule has 4 heteroatoms. The van der Waals surface area contributed by atoms with Crippen molar-refractivity contribution in [3.8, 4) is 0 Å². The lowest BCUT2D eigenvalue weighted by Gasteiger charge is -2.43. The molecule has 0 radical (unpaired) electrons. The molecule has 0 N–H and O–H groups in total. The van der Waals surface area contributed by atoms with Crippen molar-refractivity contribution in [1.82, 2.24) is 4.90 Å². The number of hydrogen-bond acceptors (Lipinski definition) is 3. The summed E-state index contributed by atoms with van der Waals surface area (Å²) < 4.78 is 11.6. The monoisotopic (exact) mass is 283 g/mol. The molecule has 0 aromatic carbocycles. The first-order valence-corrected chi connectivity index (χ1v) is 8.31. The van der Waals surface area contributed by atoms with Gasteiger partial charge in [-0.3, -0.25) is 4.79 Å². The van der Waals surface area contributed by atoms with Crippen molar-refractivity contribution in [3.63, 3.8) is 0 Å². The van der Waals surface area contributed by atoms with Gasteiger partial charge in [0, 0.05) is 32.4 Å². The minimum absolute atomic E-state index is 0.312. The molecule has 2 aliphatic heterocycles. The standard InChI is InChI=1S/C16H29NO3/c1-2-3-4-5-6-8-15(18)17-11-9-16(10-12-17)19-13-7-14-20-16/h2-14H2,1H3. The van der Waals surface area contributed by atoms with E-state index < -0.39 is 0 Å². The molecule has 0 bridgehead atoms. The van der Waals surface area contributed by atoms with Crippen LogP contribution in [0, 0.1) is 0 Å². The van der Waals surface area contributed by atoms with Crippen LogP contribution in [-0.2, 0) is 14.3 Å². The number of amides is 1. The number of hydrogen-bond donors (Lipinski definition) is 0. The number of likely N-dealkylation sites (tertiary alicyclic amines) is 1. The van der Waals surface area contributed by atoms with Crippen LogP contribution in [0.4, 0.5) is 0 Å². The van der Waals surface area contributed by atoms with Gasteiger partial charge in [0.2, 0.25) is 5.91 Å². The SMILES string of the molecule is CCCCCCCC(=O)N1CCC2(CC1)OCCCO2. The van der Waals surface area contributed by atoms with Crippen LogP contribution in [0.1, 0.15) is 64.7 Å². The second-order valence-corrected chi connectivity index (χ2v) is 6.01. The zero-order valence-corrected chi connectivity index (χ0v) is 12.9. The Kier molecular flexibility index (Phi) is 6.30. The van der Waals surface area contributed by atoms with Gasteiger partial charge in [-0.2, -0.15) is 0 Å². The molecule has 1 amide bonds. The van der Waals surface area contributed by atoms with Crippen molar-refractivity contribution in [2.75, 3.05) is 26.3 Å². The highest BCUT2D eigenvalue weighted by Crippen LogP contribution is 2.30. The molecule has 0 saturated carbocycles. The maximum absolute atomic E-state index is 12.1. The highest BCUT2D eigenvalue weighted by molar-refractivity contribution is 5.76. The Hall–Kier alpha value is -0.610. The van der Waals surface area contributed by atoms with E-state index in [-0.39, 0.29) is 5.79 Å². The van der Waals surface area contributed by atoms with E-state index in [9.17, 15) is 4.79 Å². The number of nitrogens with zero attached hydrogens (tertiary/aromatic N) is 1. The van der Waals surface area contributed by atoms with E-state index in [0.29, 0.717) is 12.3 Å². The molecule has 4 nitrogen and oxygen atoms in total. The Morgan fingerprint density at radius 3 is 2.35 bits per heavy atom. The van der Waals surface area contributed by atoms with Crippen molar-refractivity contribution in [1.29, 1.82) is 0 Å². The molecule has 2 rings (SSSR count). The van der Waals surface area contributed by atoms with Crippen LogP contribution in [0.2, 0.25) is 0 Å². The third-order valence-corrected chi connectivity index (χ3v) is 4.39. The maximum Gasteiger partial charge on any atom is 0.222 e. The van der Waals surface area contributed by atoms with Crippen LogP contribution in [0.5, 0.6) is 0 Å². The first-order chi connectivity index (χ1) is 9.76. The van der Waals surface area contributed by atoms with Gasteiger partial charge in [0.05, 0.1) is 13.2 Å². The van der Waals surface area contributed by atoms with Crippen molar-refractivity contribution in [3.05, 3.63) is 0 Å². The van der Waals surface area contributed by atoms with Crippen LogP contribution in [-0.4, -0.2) is 42.9 Å². The van der Waals surface area contributed by atoms with Crippen LogP contribution in [0.15, 0.2) is 0 Å². The van der Waals surface area contributed by atoms with E-state index in [1.54, 1.807) is 0 Å². The van der Waals surface area contributed by atoms with E-state index in [0.717, 1.165) is 52.0 Å². The lowest BCUT2D eigenvalue weighted by Crippen LogP contribution is -2.51. The minimum Gasteiger partial charge on any atom is -0.350 e. The fraction of sp³-hybridized carbons (Fsp3) is 0.938. The lowest BCUT2D eigenvalue weighted by molar-refractivity contribution is -0.282. The van der Waals surface area contributed by atoms with Gasteiger partial charge in [0.25, 0.3) is 0 Å². The average molecular weight is 283 g/mol. The number of piperidine rings is 1. The second-order valence-electron chi connectivity index (χ2n) is 6.01. The van der Waals surface area contributed by atoms with Gasteiger partial charge in [0.1, 0.15) is 0 Å². The van der Waals surface area contributed by atoms with E-state index in [1.807, 2.05) is 4.90 Å². The number of rotatable bonds is 6. The van der Waals surface area contributed by atoms with Crippen molar-refractivity contribution in [2.45, 2.75) is 70.5 Å². The average Bonchev–Trinajstić information content (AvgIpc) is 2.48. The zero-order valence-electron chi connectivity index (χ0n) is 12.9. The van der Waals surface area contributed by atoms with Crippen molar-refractivity contribution in [2.24, 2.45) is 0 Å². The quantitative estimate of drug-likeness (QED) is 0.703. The first-order valence-electron chi connectivity index (χ1n) is 8.31. The normalized spacial score (nSPS) is 22.1. The molecule has 20 heavy (non-hydrogen) atoms. The summed E-state index contributed by atoms with van der Waals surface area (Å²) in [4.78, 5) is 14.1. The van der Waals surface area contributed by atoms with Crippen LogP contribution < -0.4 is 0 Å². The summed E-state index contributed by atoms with van der Waals surface area (Å²) in [6.07, 6.45) is 9.37. The minimum atomic E-state index is -0.379. The van der Waals surface area contributed by atoms with Gasteiger partial charge in [-0.25, -0.2) is 0 Å². The Bertz CT molecular complexity index is 290. The van der Waals surface area contributed by atoms with E-state index >= 15 is 0 Å². The van der Waals surface area contributed by atoms with E-state index in [1.165, 1.54) is 25.7 Å². The molecule has 2 saturated heterocycles. The van der Waals surface area contributed by atoms with Gasteiger partial charge >= 0.3 is 0 Å². The van der Waals surface area contributed by atoms with Gasteiger partial charge in [-0.15, -0.1) is 0 Å². The number of carbonyl (C=O) groups excluding carboxylic acids is 1. The van der Waals surface area contributed by atoms with Crippen LogP contribution in [0.25, 0.3) is 0 Å². The molecule has 0 atom stereocenters. The van der Waals surface area contributed by atoms with Crippen molar-refractivity contribution < 1.29 is 14.3 Å². The Morgan fingerprint density at radius 1 is 1.05 bits per heavy atom. The number of carbonyl (C=O) groups is 1. The fourth-order valence-corrected chi connectivity index (χ4v) is 3.04. The number of unbranched alkanes of at least 4 members (excludes halogenated alkanes) is 4. The molecule has 2 aliphatic rings. The fourth-order valence-electron chi connectivity index (χ4n) is 3.04. The zero-order chi connectivity index (χ0) is 14.3.